The SMILES string of the molecule is OC(c1cc(F)ccc1F)c1cc(Cl)sc1Cl. The molecule has 2 rings (SSSR count). The molecule has 0 aliphatic heterocycles. The van der Waals surface area contributed by atoms with Crippen LogP contribution in [-0.4, -0.2) is 5.11 Å². The van der Waals surface area contributed by atoms with Gasteiger partial charge in [-0.2, -0.15) is 0 Å². The average molecular weight is 295 g/mol. The summed E-state index contributed by atoms with van der Waals surface area (Å²) in [6.07, 6.45) is -1.33. The molecule has 0 radical (unpaired) electrons. The molecule has 0 spiro atoms. The molecule has 0 saturated heterocycles. The molecule has 0 bridgehead atoms. The summed E-state index contributed by atoms with van der Waals surface area (Å²) >= 11 is 12.6. The first-order valence-corrected chi connectivity index (χ1v) is 6.14. The van der Waals surface area contributed by atoms with Gasteiger partial charge in [-0.1, -0.05) is 23.2 Å². The van der Waals surface area contributed by atoms with Crippen LogP contribution in [0.4, 0.5) is 8.78 Å². The van der Waals surface area contributed by atoms with Gasteiger partial charge >= 0.3 is 0 Å². The Kier molecular flexibility index (Phi) is 3.68. The van der Waals surface area contributed by atoms with E-state index in [1.54, 1.807) is 0 Å². The lowest BCUT2D eigenvalue weighted by atomic mass is 10.0. The predicted molar refractivity (Wildman–Crippen MR) is 64.8 cm³/mol. The van der Waals surface area contributed by atoms with Gasteiger partial charge in [-0.3, -0.25) is 0 Å². The van der Waals surface area contributed by atoms with Crippen LogP contribution in [0.25, 0.3) is 0 Å². The fourth-order valence-corrected chi connectivity index (χ4v) is 2.95. The summed E-state index contributed by atoms with van der Waals surface area (Å²) in [5.41, 5.74) is 0.104. The smallest absolute Gasteiger partial charge is 0.129 e. The lowest BCUT2D eigenvalue weighted by molar-refractivity contribution is 0.215. The number of aliphatic hydroxyl groups is 1. The van der Waals surface area contributed by atoms with Crippen molar-refractivity contribution in [1.29, 1.82) is 0 Å². The second-order valence-electron chi connectivity index (χ2n) is 3.35. The molecule has 1 aromatic carbocycles. The Morgan fingerprint density at radius 2 is 1.82 bits per heavy atom. The molecule has 0 aliphatic carbocycles. The molecule has 0 fully saturated rings. The Hall–Kier alpha value is -0.680. The van der Waals surface area contributed by atoms with E-state index in [2.05, 4.69) is 0 Å². The zero-order chi connectivity index (χ0) is 12.6. The van der Waals surface area contributed by atoms with Gasteiger partial charge in [0.1, 0.15) is 22.1 Å². The van der Waals surface area contributed by atoms with Gasteiger partial charge in [0, 0.05) is 11.1 Å². The topological polar surface area (TPSA) is 20.2 Å². The van der Waals surface area contributed by atoms with Crippen LogP contribution in [0.1, 0.15) is 17.2 Å². The van der Waals surface area contributed by atoms with Gasteiger partial charge in [0.2, 0.25) is 0 Å². The van der Waals surface area contributed by atoms with Gasteiger partial charge in [0.05, 0.1) is 4.34 Å². The Morgan fingerprint density at radius 3 is 2.41 bits per heavy atom. The summed E-state index contributed by atoms with van der Waals surface area (Å²) in [4.78, 5) is 0. The number of hydrogen-bond acceptors (Lipinski definition) is 2. The van der Waals surface area contributed by atoms with Crippen molar-refractivity contribution < 1.29 is 13.9 Å². The van der Waals surface area contributed by atoms with Crippen LogP contribution in [0, 0.1) is 11.6 Å². The number of benzene rings is 1. The number of aliphatic hydroxyl groups excluding tert-OH is 1. The maximum atomic E-state index is 13.4. The predicted octanol–water partition coefficient (Wildman–Crippen LogP) is 4.41. The first-order valence-electron chi connectivity index (χ1n) is 4.57. The fraction of sp³-hybridized carbons (Fsp3) is 0.0909. The lowest BCUT2D eigenvalue weighted by Gasteiger charge is -2.11. The highest BCUT2D eigenvalue weighted by molar-refractivity contribution is 7.20. The summed E-state index contributed by atoms with van der Waals surface area (Å²) < 4.78 is 27.1. The number of rotatable bonds is 2. The molecule has 1 heterocycles. The first-order chi connectivity index (χ1) is 7.99. The van der Waals surface area contributed by atoms with E-state index >= 15 is 0 Å². The third kappa shape index (κ3) is 2.60. The van der Waals surface area contributed by atoms with Crippen molar-refractivity contribution in [2.24, 2.45) is 0 Å². The summed E-state index contributed by atoms with van der Waals surface area (Å²) in [5, 5.41) is 9.95. The quantitative estimate of drug-likeness (QED) is 0.869. The highest BCUT2D eigenvalue weighted by atomic mass is 35.5. The van der Waals surface area contributed by atoms with Gasteiger partial charge in [-0.05, 0) is 24.3 Å². The van der Waals surface area contributed by atoms with Gasteiger partial charge in [0.25, 0.3) is 0 Å². The van der Waals surface area contributed by atoms with E-state index in [1.165, 1.54) is 6.07 Å². The zero-order valence-corrected chi connectivity index (χ0v) is 10.6. The molecule has 6 heteroatoms. The zero-order valence-electron chi connectivity index (χ0n) is 8.25. The maximum Gasteiger partial charge on any atom is 0.129 e. The standard InChI is InChI=1S/C11H6Cl2F2OS/c12-9-4-7(11(13)17-9)10(16)6-3-5(14)1-2-8(6)15/h1-4,10,16H. The van der Waals surface area contributed by atoms with Crippen molar-refractivity contribution in [2.75, 3.05) is 0 Å². The highest BCUT2D eigenvalue weighted by Gasteiger charge is 2.20. The molecule has 1 nitrogen and oxygen atoms in total. The molecular weight excluding hydrogens is 289 g/mol. The number of hydrogen-bond donors (Lipinski definition) is 1. The minimum absolute atomic E-state index is 0.165. The first kappa shape index (κ1) is 12.8. The molecule has 17 heavy (non-hydrogen) atoms. The third-order valence-electron chi connectivity index (χ3n) is 2.23. The summed E-state index contributed by atoms with van der Waals surface area (Å²) in [6.45, 7) is 0. The van der Waals surface area contributed by atoms with E-state index in [0.29, 0.717) is 4.34 Å². The van der Waals surface area contributed by atoms with Crippen molar-refractivity contribution in [3.8, 4) is 0 Å². The highest BCUT2D eigenvalue weighted by Crippen LogP contribution is 2.38. The molecular formula is C11H6Cl2F2OS. The van der Waals surface area contributed by atoms with Crippen LogP contribution in [0.2, 0.25) is 8.67 Å². The minimum atomic E-state index is -1.33. The van der Waals surface area contributed by atoms with Crippen LogP contribution in [-0.2, 0) is 0 Å². The van der Waals surface area contributed by atoms with Crippen LogP contribution >= 0.6 is 34.5 Å². The molecule has 0 saturated carbocycles. The van der Waals surface area contributed by atoms with Crippen LogP contribution in [0.5, 0.6) is 0 Å². The van der Waals surface area contributed by atoms with E-state index < -0.39 is 17.7 Å². The third-order valence-corrected chi connectivity index (χ3v) is 3.75. The summed E-state index contributed by atoms with van der Waals surface area (Å²) in [7, 11) is 0. The van der Waals surface area contributed by atoms with E-state index in [4.69, 9.17) is 23.2 Å². The van der Waals surface area contributed by atoms with Crippen molar-refractivity contribution in [1.82, 2.24) is 0 Å². The Labute approximate surface area is 110 Å². The Bertz CT molecular complexity index is 556. The van der Waals surface area contributed by atoms with Gasteiger partial charge in [0.15, 0.2) is 0 Å². The van der Waals surface area contributed by atoms with Crippen molar-refractivity contribution in [2.45, 2.75) is 6.10 Å². The Balaban J connectivity index is 2.46. The lowest BCUT2D eigenvalue weighted by Crippen LogP contribution is -2.02. The monoisotopic (exact) mass is 294 g/mol. The van der Waals surface area contributed by atoms with Gasteiger partial charge in [-0.15, -0.1) is 11.3 Å². The van der Waals surface area contributed by atoms with E-state index in [0.717, 1.165) is 29.5 Å². The van der Waals surface area contributed by atoms with Crippen LogP contribution < -0.4 is 0 Å². The van der Waals surface area contributed by atoms with E-state index in [1.807, 2.05) is 0 Å². The van der Waals surface area contributed by atoms with Crippen molar-refractivity contribution in [3.63, 3.8) is 0 Å². The van der Waals surface area contributed by atoms with E-state index in [-0.39, 0.29) is 15.5 Å². The normalized spacial score (nSPS) is 12.8. The molecule has 1 atom stereocenters. The second-order valence-corrected chi connectivity index (χ2v) is 5.63. The second kappa shape index (κ2) is 4.90. The molecule has 2 aromatic rings. The largest absolute Gasteiger partial charge is 0.383 e. The van der Waals surface area contributed by atoms with Crippen LogP contribution in [0.3, 0.4) is 0 Å². The summed E-state index contributed by atoms with van der Waals surface area (Å²) in [5.74, 6) is -1.32. The van der Waals surface area contributed by atoms with E-state index in [9.17, 15) is 13.9 Å². The van der Waals surface area contributed by atoms with Gasteiger partial charge in [-0.25, -0.2) is 8.78 Å². The van der Waals surface area contributed by atoms with Crippen LogP contribution in [0.15, 0.2) is 24.3 Å². The average Bonchev–Trinajstić information content (AvgIpc) is 2.60. The summed E-state index contributed by atoms with van der Waals surface area (Å²) in [6, 6.07) is 4.30. The maximum absolute atomic E-state index is 13.4. The molecule has 1 aromatic heterocycles. The molecule has 0 amide bonds. The molecule has 1 N–H and O–H groups in total. The molecule has 0 aliphatic rings. The van der Waals surface area contributed by atoms with Crippen molar-refractivity contribution >= 4 is 34.5 Å². The molecule has 90 valence electrons. The fourth-order valence-electron chi connectivity index (χ4n) is 1.43. The molecule has 1 unspecified atom stereocenters. The minimum Gasteiger partial charge on any atom is -0.383 e. The number of halogens is 4. The Morgan fingerprint density at radius 1 is 1.12 bits per heavy atom. The van der Waals surface area contributed by atoms with Gasteiger partial charge < -0.3 is 5.11 Å². The number of thiophene rings is 1. The van der Waals surface area contributed by atoms with Crippen molar-refractivity contribution in [3.05, 3.63) is 55.7 Å².